The summed E-state index contributed by atoms with van der Waals surface area (Å²) in [6.07, 6.45) is 1.97. The highest BCUT2D eigenvalue weighted by Gasteiger charge is 2.26. The first-order chi connectivity index (χ1) is 7.01. The van der Waals surface area contributed by atoms with Crippen LogP contribution in [0.25, 0.3) is 0 Å². The van der Waals surface area contributed by atoms with Gasteiger partial charge >= 0.3 is 6.18 Å². The number of halogens is 3. The van der Waals surface area contributed by atoms with E-state index < -0.39 is 12.6 Å². The Morgan fingerprint density at radius 2 is 2.07 bits per heavy atom. The van der Waals surface area contributed by atoms with E-state index in [1.165, 1.54) is 0 Å². The number of imidazole rings is 1. The van der Waals surface area contributed by atoms with Gasteiger partial charge in [-0.25, -0.2) is 9.13 Å². The van der Waals surface area contributed by atoms with Gasteiger partial charge in [-0.1, -0.05) is 6.92 Å². The molecule has 0 unspecified atom stereocenters. The molecule has 0 aliphatic heterocycles. The lowest BCUT2D eigenvalue weighted by molar-refractivity contribution is -0.696. The Bertz CT molecular complexity index is 291. The molecule has 1 rings (SSSR count). The number of aryl methyl sites for hydroxylation is 2. The third-order valence-electron chi connectivity index (χ3n) is 2.10. The molecule has 0 atom stereocenters. The molecular weight excluding hydrogens is 205 g/mol. The van der Waals surface area contributed by atoms with Crippen LogP contribution in [-0.4, -0.2) is 10.7 Å². The fraction of sp³-hybridized carbons (Fsp3) is 0.700. The Balaban J connectivity index is 2.31. The van der Waals surface area contributed by atoms with Gasteiger partial charge in [0.1, 0.15) is 12.4 Å². The quantitative estimate of drug-likeness (QED) is 0.676. The summed E-state index contributed by atoms with van der Waals surface area (Å²) >= 11 is 0. The number of nitrogens with zero attached hydrogens (tertiary/aromatic N) is 2. The van der Waals surface area contributed by atoms with Crippen molar-refractivity contribution in [2.24, 2.45) is 0 Å². The van der Waals surface area contributed by atoms with Crippen molar-refractivity contribution >= 4 is 0 Å². The normalized spacial score (nSPS) is 12.0. The Labute approximate surface area is 87.3 Å². The SMILES string of the molecule is CCC[n+]1ccn(CCCC(F)(F)F)c1. The summed E-state index contributed by atoms with van der Waals surface area (Å²) in [6.45, 7) is 3.40. The summed E-state index contributed by atoms with van der Waals surface area (Å²) in [5.41, 5.74) is 0. The molecule has 0 N–H and O–H groups in total. The smallest absolute Gasteiger partial charge is 0.237 e. The number of hydrogen-bond donors (Lipinski definition) is 0. The van der Waals surface area contributed by atoms with Crippen molar-refractivity contribution in [3.63, 3.8) is 0 Å². The number of rotatable bonds is 5. The topological polar surface area (TPSA) is 8.81 Å². The van der Waals surface area contributed by atoms with Crippen LogP contribution in [0, 0.1) is 0 Å². The Hall–Kier alpha value is -1.00. The van der Waals surface area contributed by atoms with Crippen LogP contribution in [0.5, 0.6) is 0 Å². The largest absolute Gasteiger partial charge is 0.389 e. The first-order valence-electron chi connectivity index (χ1n) is 5.13. The van der Waals surface area contributed by atoms with Crippen molar-refractivity contribution in [2.75, 3.05) is 0 Å². The van der Waals surface area contributed by atoms with E-state index >= 15 is 0 Å². The van der Waals surface area contributed by atoms with E-state index in [4.69, 9.17) is 0 Å². The summed E-state index contributed by atoms with van der Waals surface area (Å²) < 4.78 is 39.4. The van der Waals surface area contributed by atoms with Gasteiger partial charge in [-0.3, -0.25) is 0 Å². The van der Waals surface area contributed by atoms with Crippen LogP contribution in [0.3, 0.4) is 0 Å². The highest BCUT2D eigenvalue weighted by Crippen LogP contribution is 2.21. The van der Waals surface area contributed by atoms with Gasteiger partial charge in [0.05, 0.1) is 13.1 Å². The molecule has 0 saturated carbocycles. The zero-order valence-electron chi connectivity index (χ0n) is 8.80. The van der Waals surface area contributed by atoms with Crippen LogP contribution in [0.15, 0.2) is 18.7 Å². The Kier molecular flexibility index (Phi) is 4.17. The number of alkyl halides is 3. The molecule has 0 saturated heterocycles. The van der Waals surface area contributed by atoms with Crippen molar-refractivity contribution < 1.29 is 17.7 Å². The summed E-state index contributed by atoms with van der Waals surface area (Å²) in [4.78, 5) is 0. The van der Waals surface area contributed by atoms with Crippen LogP contribution >= 0.6 is 0 Å². The molecule has 1 aromatic rings. The van der Waals surface area contributed by atoms with Gasteiger partial charge in [0.2, 0.25) is 6.33 Å². The van der Waals surface area contributed by atoms with Crippen molar-refractivity contribution in [3.8, 4) is 0 Å². The minimum Gasteiger partial charge on any atom is -0.237 e. The Morgan fingerprint density at radius 1 is 1.33 bits per heavy atom. The first kappa shape index (κ1) is 12.1. The van der Waals surface area contributed by atoms with Crippen LogP contribution in [0.4, 0.5) is 13.2 Å². The number of aromatic nitrogens is 2. The average molecular weight is 221 g/mol. The molecule has 1 heterocycles. The predicted molar refractivity (Wildman–Crippen MR) is 50.2 cm³/mol. The van der Waals surface area contributed by atoms with Crippen LogP contribution in [0.2, 0.25) is 0 Å². The highest BCUT2D eigenvalue weighted by atomic mass is 19.4. The van der Waals surface area contributed by atoms with Crippen molar-refractivity contribution in [3.05, 3.63) is 18.7 Å². The molecule has 0 radical (unpaired) electrons. The third kappa shape index (κ3) is 4.85. The van der Waals surface area contributed by atoms with Gasteiger partial charge in [0.25, 0.3) is 0 Å². The van der Waals surface area contributed by atoms with E-state index in [-0.39, 0.29) is 6.42 Å². The fourth-order valence-corrected chi connectivity index (χ4v) is 1.42. The molecule has 1 aromatic heterocycles. The molecule has 0 aliphatic carbocycles. The molecule has 2 nitrogen and oxygen atoms in total. The molecule has 0 spiro atoms. The predicted octanol–water partition coefficient (Wildman–Crippen LogP) is 2.53. The van der Waals surface area contributed by atoms with Gasteiger partial charge in [-0.15, -0.1) is 0 Å². The molecule has 86 valence electrons. The maximum atomic E-state index is 11.9. The minimum absolute atomic E-state index is 0.143. The summed E-state index contributed by atoms with van der Waals surface area (Å²) in [5, 5.41) is 0. The fourth-order valence-electron chi connectivity index (χ4n) is 1.42. The van der Waals surface area contributed by atoms with E-state index in [0.717, 1.165) is 13.0 Å². The van der Waals surface area contributed by atoms with Crippen LogP contribution in [-0.2, 0) is 13.1 Å². The first-order valence-corrected chi connectivity index (χ1v) is 5.13. The lowest BCUT2D eigenvalue weighted by atomic mass is 10.3. The summed E-state index contributed by atoms with van der Waals surface area (Å²) in [6, 6.07) is 0. The second kappa shape index (κ2) is 5.19. The van der Waals surface area contributed by atoms with Crippen molar-refractivity contribution in [1.82, 2.24) is 4.57 Å². The van der Waals surface area contributed by atoms with Gasteiger partial charge in [0.15, 0.2) is 0 Å². The summed E-state index contributed by atoms with van der Waals surface area (Å²) in [5.74, 6) is 0. The maximum absolute atomic E-state index is 11.9. The molecular formula is C10H16F3N2+. The zero-order chi connectivity index (χ0) is 11.3. The van der Waals surface area contributed by atoms with Gasteiger partial charge in [-0.2, -0.15) is 13.2 Å². The summed E-state index contributed by atoms with van der Waals surface area (Å²) in [7, 11) is 0. The van der Waals surface area contributed by atoms with Crippen LogP contribution < -0.4 is 4.57 Å². The van der Waals surface area contributed by atoms with E-state index in [0.29, 0.717) is 6.54 Å². The number of hydrogen-bond acceptors (Lipinski definition) is 0. The van der Waals surface area contributed by atoms with E-state index in [1.807, 2.05) is 23.3 Å². The van der Waals surface area contributed by atoms with Crippen molar-refractivity contribution in [1.29, 1.82) is 0 Å². The maximum Gasteiger partial charge on any atom is 0.389 e. The molecule has 0 aromatic carbocycles. The average Bonchev–Trinajstić information content (AvgIpc) is 2.51. The lowest BCUT2D eigenvalue weighted by Crippen LogP contribution is -2.30. The highest BCUT2D eigenvalue weighted by molar-refractivity contribution is 4.66. The zero-order valence-corrected chi connectivity index (χ0v) is 8.80. The second-order valence-corrected chi connectivity index (χ2v) is 3.61. The molecule has 0 amide bonds. The Morgan fingerprint density at radius 3 is 2.67 bits per heavy atom. The molecule has 0 aliphatic rings. The molecule has 0 bridgehead atoms. The third-order valence-corrected chi connectivity index (χ3v) is 2.10. The molecule has 15 heavy (non-hydrogen) atoms. The van der Waals surface area contributed by atoms with Crippen LogP contribution in [0.1, 0.15) is 26.2 Å². The van der Waals surface area contributed by atoms with E-state index in [1.54, 1.807) is 4.57 Å². The lowest BCUT2D eigenvalue weighted by Gasteiger charge is -2.03. The molecule has 5 heteroatoms. The minimum atomic E-state index is -4.04. The second-order valence-electron chi connectivity index (χ2n) is 3.61. The molecule has 0 fully saturated rings. The van der Waals surface area contributed by atoms with Crippen molar-refractivity contribution in [2.45, 2.75) is 45.5 Å². The van der Waals surface area contributed by atoms with Gasteiger partial charge in [0, 0.05) is 6.42 Å². The monoisotopic (exact) mass is 221 g/mol. The van der Waals surface area contributed by atoms with E-state index in [9.17, 15) is 13.2 Å². The van der Waals surface area contributed by atoms with E-state index in [2.05, 4.69) is 6.92 Å². The van der Waals surface area contributed by atoms with Gasteiger partial charge < -0.3 is 0 Å². The standard InChI is InChI=1S/C10H16F3N2/c1-2-5-14-7-8-15(9-14)6-3-4-10(11,12)13/h7-9H,2-6H2,1H3/q+1. The van der Waals surface area contributed by atoms with Gasteiger partial charge in [-0.05, 0) is 12.8 Å².